The Kier molecular flexibility index (Phi) is 6.48. The largest absolute Gasteiger partial charge is 0.508 e. The van der Waals surface area contributed by atoms with Crippen LogP contribution < -0.4 is 10.5 Å². The number of hydrogen-bond donors (Lipinski definition) is 1. The molecule has 0 bridgehead atoms. The molecule has 2 aromatic carbocycles. The van der Waals surface area contributed by atoms with Crippen LogP contribution in [0.2, 0.25) is 0 Å². The maximum atomic E-state index is 13.7. The number of phenolic OH excluding ortho intramolecular Hbond substituents is 1. The van der Waals surface area contributed by atoms with Crippen LogP contribution in [0.4, 0.5) is 10.1 Å². The summed E-state index contributed by atoms with van der Waals surface area (Å²) in [7, 11) is 1.64. The number of aromatic nitrogens is 2. The van der Waals surface area contributed by atoms with E-state index in [2.05, 4.69) is 31.9 Å². The van der Waals surface area contributed by atoms with Gasteiger partial charge in [0.15, 0.2) is 0 Å². The SMILES string of the molecule is Cn1c(=O)c(C#N)c(N2CCN(C(c3ccc(F)cc3)c3ccccc3O)CC2)c2nc(Br)ccc21. The van der Waals surface area contributed by atoms with E-state index >= 15 is 0 Å². The van der Waals surface area contributed by atoms with Gasteiger partial charge in [0.05, 0.1) is 17.2 Å². The van der Waals surface area contributed by atoms with Gasteiger partial charge in [-0.25, -0.2) is 9.37 Å². The normalized spacial score (nSPS) is 15.1. The third-order valence-corrected chi connectivity index (χ3v) is 7.15. The highest BCUT2D eigenvalue weighted by Crippen LogP contribution is 2.36. The zero-order chi connectivity index (χ0) is 25.4. The molecule has 1 fully saturated rings. The van der Waals surface area contributed by atoms with Gasteiger partial charge in [-0.15, -0.1) is 0 Å². The van der Waals surface area contributed by atoms with Crippen LogP contribution in [0.25, 0.3) is 11.0 Å². The van der Waals surface area contributed by atoms with Crippen molar-refractivity contribution in [1.82, 2.24) is 14.5 Å². The van der Waals surface area contributed by atoms with Crippen LogP contribution in [-0.4, -0.2) is 45.7 Å². The number of nitrogens with zero attached hydrogens (tertiary/aromatic N) is 5. The minimum atomic E-state index is -0.357. The molecule has 4 aromatic rings. The van der Waals surface area contributed by atoms with Crippen molar-refractivity contribution in [2.24, 2.45) is 7.05 Å². The third kappa shape index (κ3) is 4.23. The van der Waals surface area contributed by atoms with Crippen molar-refractivity contribution in [3.8, 4) is 11.8 Å². The van der Waals surface area contributed by atoms with Gasteiger partial charge < -0.3 is 14.6 Å². The topological polar surface area (TPSA) is 85.4 Å². The molecule has 1 N–H and O–H groups in total. The summed E-state index contributed by atoms with van der Waals surface area (Å²) < 4.78 is 15.7. The van der Waals surface area contributed by atoms with Gasteiger partial charge in [0.1, 0.15) is 33.3 Å². The predicted molar refractivity (Wildman–Crippen MR) is 140 cm³/mol. The Morgan fingerprint density at radius 3 is 2.42 bits per heavy atom. The Morgan fingerprint density at radius 2 is 1.75 bits per heavy atom. The first kappa shape index (κ1) is 24.0. The van der Waals surface area contributed by atoms with Crippen molar-refractivity contribution in [3.05, 3.63) is 98.1 Å². The molecule has 0 spiro atoms. The number of rotatable bonds is 4. The summed E-state index contributed by atoms with van der Waals surface area (Å²) in [6.07, 6.45) is 0. The Balaban J connectivity index is 1.53. The van der Waals surface area contributed by atoms with Crippen molar-refractivity contribution in [1.29, 1.82) is 5.26 Å². The molecule has 1 aliphatic rings. The standard InChI is InChI=1S/C27H23BrFN5O2/c1-32-21-10-11-23(28)31-24(21)26(20(16-30)27(32)36)34-14-12-33(13-15-34)25(17-6-8-18(29)9-7-17)19-4-2-3-5-22(19)35/h2-11,25,35H,12-15H2,1H3. The lowest BCUT2D eigenvalue weighted by atomic mass is 9.95. The molecule has 3 heterocycles. The first-order valence-electron chi connectivity index (χ1n) is 11.5. The van der Waals surface area contributed by atoms with Crippen LogP contribution in [0.15, 0.2) is 70.1 Å². The van der Waals surface area contributed by atoms with Crippen LogP contribution in [0.5, 0.6) is 5.75 Å². The Bertz CT molecular complexity index is 1540. The molecule has 9 heteroatoms. The maximum Gasteiger partial charge on any atom is 0.270 e. The van der Waals surface area contributed by atoms with E-state index in [0.29, 0.717) is 47.5 Å². The summed E-state index contributed by atoms with van der Waals surface area (Å²) in [5.41, 5.74) is 3.10. The smallest absolute Gasteiger partial charge is 0.270 e. The number of fused-ring (bicyclic) bond motifs is 1. The molecule has 182 valence electrons. The number of piperazine rings is 1. The van der Waals surface area contributed by atoms with E-state index in [1.165, 1.54) is 16.7 Å². The summed E-state index contributed by atoms with van der Waals surface area (Å²) in [4.78, 5) is 21.8. The van der Waals surface area contributed by atoms with E-state index in [9.17, 15) is 19.6 Å². The van der Waals surface area contributed by atoms with E-state index in [-0.39, 0.29) is 28.7 Å². The van der Waals surface area contributed by atoms with Crippen LogP contribution >= 0.6 is 15.9 Å². The number of hydrogen-bond acceptors (Lipinski definition) is 6. The monoisotopic (exact) mass is 547 g/mol. The van der Waals surface area contributed by atoms with Gasteiger partial charge in [0.25, 0.3) is 5.56 Å². The van der Waals surface area contributed by atoms with Gasteiger partial charge in [0.2, 0.25) is 0 Å². The van der Waals surface area contributed by atoms with Gasteiger partial charge in [-0.2, -0.15) is 5.26 Å². The first-order chi connectivity index (χ1) is 17.4. The van der Waals surface area contributed by atoms with E-state index < -0.39 is 0 Å². The molecule has 0 saturated carbocycles. The number of phenols is 1. The molecular formula is C27H23BrFN5O2. The summed E-state index contributed by atoms with van der Waals surface area (Å²) in [6.45, 7) is 2.25. The second kappa shape index (κ2) is 9.72. The molecule has 1 unspecified atom stereocenters. The fourth-order valence-corrected chi connectivity index (χ4v) is 5.24. The molecule has 2 aromatic heterocycles. The van der Waals surface area contributed by atoms with E-state index in [1.54, 1.807) is 37.4 Å². The van der Waals surface area contributed by atoms with E-state index in [1.807, 2.05) is 23.1 Å². The van der Waals surface area contributed by atoms with E-state index in [4.69, 9.17) is 0 Å². The molecule has 7 nitrogen and oxygen atoms in total. The molecule has 0 radical (unpaired) electrons. The fraction of sp³-hybridized carbons (Fsp3) is 0.222. The minimum absolute atomic E-state index is 0.0693. The average Bonchev–Trinajstić information content (AvgIpc) is 2.89. The molecule has 0 aliphatic carbocycles. The van der Waals surface area contributed by atoms with Crippen molar-refractivity contribution in [2.45, 2.75) is 6.04 Å². The highest BCUT2D eigenvalue weighted by Gasteiger charge is 2.30. The van der Waals surface area contributed by atoms with Crippen molar-refractivity contribution >= 4 is 32.7 Å². The Hall–Kier alpha value is -3.74. The lowest BCUT2D eigenvalue weighted by Crippen LogP contribution is -2.48. The second-order valence-electron chi connectivity index (χ2n) is 8.74. The molecule has 1 saturated heterocycles. The zero-order valence-electron chi connectivity index (χ0n) is 19.5. The van der Waals surface area contributed by atoms with Crippen LogP contribution in [0, 0.1) is 17.1 Å². The predicted octanol–water partition coefficient (Wildman–Crippen LogP) is 4.32. The first-order valence-corrected chi connectivity index (χ1v) is 12.3. The van der Waals surface area contributed by atoms with Gasteiger partial charge in [-0.1, -0.05) is 30.3 Å². The number of halogens is 2. The summed E-state index contributed by atoms with van der Waals surface area (Å²) in [6, 6.07) is 18.9. The summed E-state index contributed by atoms with van der Waals surface area (Å²) >= 11 is 3.41. The maximum absolute atomic E-state index is 13.7. The van der Waals surface area contributed by atoms with Crippen molar-refractivity contribution in [3.63, 3.8) is 0 Å². The number of nitriles is 1. The number of anilines is 1. The second-order valence-corrected chi connectivity index (χ2v) is 9.55. The molecular weight excluding hydrogens is 525 g/mol. The highest BCUT2D eigenvalue weighted by atomic mass is 79.9. The lowest BCUT2D eigenvalue weighted by molar-refractivity contribution is 0.209. The Labute approximate surface area is 215 Å². The van der Waals surface area contributed by atoms with Gasteiger partial charge in [-0.05, 0) is 51.8 Å². The number of pyridine rings is 2. The molecule has 0 amide bonds. The zero-order valence-corrected chi connectivity index (χ0v) is 21.1. The quantitative estimate of drug-likeness (QED) is 0.383. The van der Waals surface area contributed by atoms with Crippen molar-refractivity contribution < 1.29 is 9.50 Å². The molecule has 1 atom stereocenters. The van der Waals surface area contributed by atoms with Gasteiger partial charge in [-0.3, -0.25) is 9.69 Å². The van der Waals surface area contributed by atoms with Crippen LogP contribution in [-0.2, 0) is 7.05 Å². The minimum Gasteiger partial charge on any atom is -0.508 e. The van der Waals surface area contributed by atoms with E-state index in [0.717, 1.165) is 11.1 Å². The molecule has 36 heavy (non-hydrogen) atoms. The summed E-state index contributed by atoms with van der Waals surface area (Å²) in [5.74, 6) is -0.146. The Morgan fingerprint density at radius 1 is 1.06 bits per heavy atom. The van der Waals surface area contributed by atoms with Gasteiger partial charge >= 0.3 is 0 Å². The number of para-hydroxylation sites is 1. The molecule has 5 rings (SSSR count). The average molecular weight is 548 g/mol. The third-order valence-electron chi connectivity index (χ3n) is 6.71. The highest BCUT2D eigenvalue weighted by molar-refractivity contribution is 9.10. The van der Waals surface area contributed by atoms with Crippen molar-refractivity contribution in [2.75, 3.05) is 31.1 Å². The number of aromatic hydroxyl groups is 1. The van der Waals surface area contributed by atoms with Crippen LogP contribution in [0.1, 0.15) is 22.7 Å². The van der Waals surface area contributed by atoms with Crippen LogP contribution in [0.3, 0.4) is 0 Å². The molecule has 1 aliphatic heterocycles. The fourth-order valence-electron chi connectivity index (χ4n) is 4.93. The lowest BCUT2D eigenvalue weighted by Gasteiger charge is -2.41. The van der Waals surface area contributed by atoms with Gasteiger partial charge in [0, 0.05) is 38.8 Å². The number of aryl methyl sites for hydroxylation is 1. The summed E-state index contributed by atoms with van der Waals surface area (Å²) in [5, 5.41) is 20.5. The number of benzene rings is 2.